The SMILES string of the molecule is CN(C(=O)CN1CCOCC1)c1ccc(N2CCOCC2)c(COc2ccc(-c3c(C4CCCCC4)c4sc(C(=O)O)cc4n3C)cc2)c1.Cl.Cl. The van der Waals surface area contributed by atoms with Crippen LogP contribution >= 0.6 is 36.2 Å². The average molecular weight is 760 g/mol. The van der Waals surface area contributed by atoms with Crippen molar-refractivity contribution in [3.8, 4) is 17.0 Å². The topological polar surface area (TPSA) is 96.7 Å². The fourth-order valence-corrected chi connectivity index (χ4v) is 8.69. The maximum absolute atomic E-state index is 13.2. The monoisotopic (exact) mass is 758 g/mol. The Morgan fingerprint density at radius 1 is 0.922 bits per heavy atom. The third-order valence-corrected chi connectivity index (χ3v) is 11.4. The molecule has 4 heterocycles. The molecule has 1 amide bonds. The number of morpholine rings is 2. The molecule has 1 aliphatic carbocycles. The van der Waals surface area contributed by atoms with Gasteiger partial charge in [0.1, 0.15) is 17.2 Å². The number of fused-ring (bicyclic) bond motifs is 1. The van der Waals surface area contributed by atoms with E-state index in [1.54, 1.807) is 4.90 Å². The van der Waals surface area contributed by atoms with Gasteiger partial charge in [-0.15, -0.1) is 36.2 Å². The molecule has 1 N–H and O–H groups in total. The molecule has 4 aromatic rings. The number of carbonyl (C=O) groups excluding carboxylic acids is 1. The molecule has 3 aliphatic rings. The molecule has 0 spiro atoms. The van der Waals surface area contributed by atoms with Crippen LogP contribution in [0.1, 0.15) is 58.8 Å². The fourth-order valence-electron chi connectivity index (χ4n) is 7.54. The first-order valence-corrected chi connectivity index (χ1v) is 18.3. The third kappa shape index (κ3) is 8.50. The lowest BCUT2D eigenvalue weighted by atomic mass is 9.83. The highest BCUT2D eigenvalue weighted by Crippen LogP contribution is 2.46. The number of hydrogen-bond donors (Lipinski definition) is 1. The van der Waals surface area contributed by atoms with Crippen molar-refractivity contribution in [3.63, 3.8) is 0 Å². The van der Waals surface area contributed by atoms with Gasteiger partial charge in [0.2, 0.25) is 5.91 Å². The molecule has 0 atom stereocenters. The molecular weight excluding hydrogens is 711 g/mol. The quantitative estimate of drug-likeness (QED) is 0.181. The number of ether oxygens (including phenoxy) is 3. The van der Waals surface area contributed by atoms with Crippen LogP contribution in [0.5, 0.6) is 5.75 Å². The Hall–Kier alpha value is -3.32. The van der Waals surface area contributed by atoms with E-state index in [9.17, 15) is 14.7 Å². The van der Waals surface area contributed by atoms with Gasteiger partial charge in [-0.2, -0.15) is 0 Å². The summed E-state index contributed by atoms with van der Waals surface area (Å²) in [5.41, 5.74) is 7.51. The number of carbonyl (C=O) groups is 2. The highest BCUT2D eigenvalue weighted by molar-refractivity contribution is 7.21. The summed E-state index contributed by atoms with van der Waals surface area (Å²) in [6.45, 7) is 6.54. The van der Waals surface area contributed by atoms with Gasteiger partial charge in [-0.05, 0) is 78.4 Å². The van der Waals surface area contributed by atoms with E-state index in [0.717, 1.165) is 77.5 Å². The van der Waals surface area contributed by atoms with Crippen LogP contribution in [0.4, 0.5) is 11.4 Å². The van der Waals surface area contributed by atoms with Crippen molar-refractivity contribution >= 4 is 69.6 Å². The molecule has 2 saturated heterocycles. The van der Waals surface area contributed by atoms with Crippen molar-refractivity contribution in [2.24, 2.45) is 7.05 Å². The van der Waals surface area contributed by atoms with Gasteiger partial charge in [-0.3, -0.25) is 9.69 Å². The van der Waals surface area contributed by atoms with Crippen molar-refractivity contribution in [3.05, 3.63) is 64.5 Å². The molecule has 10 nitrogen and oxygen atoms in total. The first-order chi connectivity index (χ1) is 23.9. The number of aromatic nitrogens is 1. The summed E-state index contributed by atoms with van der Waals surface area (Å²) < 4.78 is 20.8. The number of nitrogens with zero attached hydrogens (tertiary/aromatic N) is 4. The lowest BCUT2D eigenvalue weighted by Crippen LogP contribution is -2.43. The lowest BCUT2D eigenvalue weighted by molar-refractivity contribution is -0.120. The molecular formula is C38H48Cl2N4O6S. The van der Waals surface area contributed by atoms with Crippen molar-refractivity contribution in [1.29, 1.82) is 0 Å². The highest BCUT2D eigenvalue weighted by atomic mass is 35.5. The zero-order valence-electron chi connectivity index (χ0n) is 29.3. The van der Waals surface area contributed by atoms with Crippen molar-refractivity contribution in [1.82, 2.24) is 9.47 Å². The van der Waals surface area contributed by atoms with E-state index < -0.39 is 5.97 Å². The van der Waals surface area contributed by atoms with Gasteiger partial charge in [0.05, 0.1) is 48.9 Å². The van der Waals surface area contributed by atoms with E-state index >= 15 is 0 Å². The number of likely N-dealkylation sites (N-methyl/N-ethyl adjacent to an activating group) is 1. The summed E-state index contributed by atoms with van der Waals surface area (Å²) in [6.07, 6.45) is 5.93. The number of benzene rings is 2. The predicted molar refractivity (Wildman–Crippen MR) is 208 cm³/mol. The van der Waals surface area contributed by atoms with Crippen LogP contribution in [-0.2, 0) is 27.9 Å². The largest absolute Gasteiger partial charge is 0.489 e. The third-order valence-electron chi connectivity index (χ3n) is 10.3. The number of hydrogen-bond acceptors (Lipinski definition) is 8. The Balaban J connectivity index is 0.00000252. The van der Waals surface area contributed by atoms with Crippen LogP contribution < -0.4 is 14.5 Å². The van der Waals surface area contributed by atoms with Crippen LogP contribution in [0, 0.1) is 0 Å². The Kier molecular flexibility index (Phi) is 13.3. The summed E-state index contributed by atoms with van der Waals surface area (Å²) >= 11 is 1.40. The van der Waals surface area contributed by atoms with E-state index in [2.05, 4.69) is 45.7 Å². The van der Waals surface area contributed by atoms with E-state index in [1.807, 2.05) is 31.3 Å². The molecule has 2 aromatic heterocycles. The minimum Gasteiger partial charge on any atom is -0.489 e. The maximum atomic E-state index is 13.2. The fraction of sp³-hybridized carbons (Fsp3) is 0.474. The molecule has 0 unspecified atom stereocenters. The number of aromatic carboxylic acids is 1. The summed E-state index contributed by atoms with van der Waals surface area (Å²) in [5, 5.41) is 9.72. The number of thiophene rings is 1. The maximum Gasteiger partial charge on any atom is 0.345 e. The highest BCUT2D eigenvalue weighted by Gasteiger charge is 2.28. The number of carboxylic acids is 1. The lowest BCUT2D eigenvalue weighted by Gasteiger charge is -2.32. The smallest absolute Gasteiger partial charge is 0.345 e. The van der Waals surface area contributed by atoms with Gasteiger partial charge in [-0.25, -0.2) is 4.79 Å². The molecule has 276 valence electrons. The first-order valence-electron chi connectivity index (χ1n) is 17.5. The Morgan fingerprint density at radius 2 is 1.59 bits per heavy atom. The van der Waals surface area contributed by atoms with E-state index in [-0.39, 0.29) is 30.7 Å². The summed E-state index contributed by atoms with van der Waals surface area (Å²) in [6, 6.07) is 16.3. The van der Waals surface area contributed by atoms with Gasteiger partial charge >= 0.3 is 5.97 Å². The molecule has 1 saturated carbocycles. The molecule has 7 rings (SSSR count). The first kappa shape index (κ1) is 38.9. The minimum absolute atomic E-state index is 0. The second-order valence-electron chi connectivity index (χ2n) is 13.4. The average Bonchev–Trinajstić information content (AvgIpc) is 3.70. The number of halogens is 2. The number of carboxylic acid groups (broad SMARTS) is 1. The molecule has 0 bridgehead atoms. The Labute approximate surface area is 316 Å². The van der Waals surface area contributed by atoms with Gasteiger partial charge < -0.3 is 33.7 Å². The molecule has 2 aromatic carbocycles. The molecule has 2 aliphatic heterocycles. The standard InChI is InChI=1S/C38H46N4O6S.2ClH/c1-39(34(43)24-41-14-18-46-19-15-41)29-10-13-31(42-16-20-47-21-17-42)28(22-29)25-48-30-11-8-27(9-12-30)36-35(26-6-4-3-5-7-26)37-32(40(36)2)23-33(49-37)38(44)45;;/h8-13,22-23,26H,3-7,14-21,24-25H2,1-2H3,(H,44,45);2*1H. The van der Waals surface area contributed by atoms with Gasteiger partial charge in [-0.1, -0.05) is 19.3 Å². The van der Waals surface area contributed by atoms with E-state index in [4.69, 9.17) is 14.2 Å². The molecule has 13 heteroatoms. The van der Waals surface area contributed by atoms with Gasteiger partial charge in [0.25, 0.3) is 0 Å². The van der Waals surface area contributed by atoms with Crippen molar-refractivity contribution in [2.45, 2.75) is 44.6 Å². The molecule has 51 heavy (non-hydrogen) atoms. The molecule has 3 fully saturated rings. The summed E-state index contributed by atoms with van der Waals surface area (Å²) in [7, 11) is 3.89. The van der Waals surface area contributed by atoms with Crippen LogP contribution in [-0.4, -0.2) is 92.6 Å². The van der Waals surface area contributed by atoms with E-state index in [1.165, 1.54) is 41.9 Å². The van der Waals surface area contributed by atoms with Crippen molar-refractivity contribution < 1.29 is 28.9 Å². The summed E-state index contributed by atoms with van der Waals surface area (Å²) in [5.74, 6) is 0.374. The predicted octanol–water partition coefficient (Wildman–Crippen LogP) is 7.21. The van der Waals surface area contributed by atoms with Gasteiger partial charge in [0.15, 0.2) is 0 Å². The van der Waals surface area contributed by atoms with Gasteiger partial charge in [0, 0.05) is 57.2 Å². The van der Waals surface area contributed by atoms with Crippen LogP contribution in [0.15, 0.2) is 48.5 Å². The normalized spacial score (nSPS) is 17.1. The number of aryl methyl sites for hydroxylation is 1. The van der Waals surface area contributed by atoms with Crippen LogP contribution in [0.3, 0.4) is 0 Å². The molecule has 0 radical (unpaired) electrons. The second-order valence-corrected chi connectivity index (χ2v) is 14.4. The van der Waals surface area contributed by atoms with E-state index in [0.29, 0.717) is 50.4 Å². The zero-order valence-corrected chi connectivity index (χ0v) is 31.8. The number of rotatable bonds is 10. The summed E-state index contributed by atoms with van der Waals surface area (Å²) in [4.78, 5) is 31.7. The number of anilines is 2. The zero-order chi connectivity index (χ0) is 33.9. The van der Waals surface area contributed by atoms with Crippen LogP contribution in [0.2, 0.25) is 0 Å². The van der Waals surface area contributed by atoms with Crippen molar-refractivity contribution in [2.75, 3.05) is 76.0 Å². The van der Waals surface area contributed by atoms with Crippen LogP contribution in [0.25, 0.3) is 21.5 Å². The number of amides is 1. The minimum atomic E-state index is -0.868. The Morgan fingerprint density at radius 3 is 2.25 bits per heavy atom. The Bertz CT molecular complexity index is 1790. The second kappa shape index (κ2) is 17.5.